The number of hydrogen-bond donors (Lipinski definition) is 2. The Morgan fingerprint density at radius 1 is 1.06 bits per heavy atom. The van der Waals surface area contributed by atoms with Crippen LogP contribution in [0.1, 0.15) is 13.8 Å². The first-order valence-corrected chi connectivity index (χ1v) is 12.0. The van der Waals surface area contributed by atoms with E-state index in [1.54, 1.807) is 50.2 Å². The number of amides is 2. The highest BCUT2D eigenvalue weighted by molar-refractivity contribution is 7.89. The molecule has 2 amide bonds. The van der Waals surface area contributed by atoms with Crippen LogP contribution in [0.4, 0.5) is 21.9 Å². The predicted molar refractivity (Wildman–Crippen MR) is 125 cm³/mol. The molecule has 32 heavy (non-hydrogen) atoms. The number of benzene rings is 2. The van der Waals surface area contributed by atoms with Crippen molar-refractivity contribution in [1.82, 2.24) is 4.31 Å². The van der Waals surface area contributed by atoms with Gasteiger partial charge >= 0.3 is 6.03 Å². The summed E-state index contributed by atoms with van der Waals surface area (Å²) in [5.41, 5.74) is 1.65. The summed E-state index contributed by atoms with van der Waals surface area (Å²) in [6.07, 6.45) is 0. The summed E-state index contributed by atoms with van der Waals surface area (Å²) in [7, 11) is -2.15. The molecule has 0 saturated carbocycles. The van der Waals surface area contributed by atoms with Crippen LogP contribution < -0.4 is 20.3 Å². The number of morpholine rings is 1. The Hall–Kier alpha value is -2.82. The average molecular weight is 463 g/mol. The van der Waals surface area contributed by atoms with E-state index >= 15 is 0 Å². The molecule has 1 fully saturated rings. The second-order valence-corrected chi connectivity index (χ2v) is 9.09. The third-order valence-corrected chi connectivity index (χ3v) is 7.31. The van der Waals surface area contributed by atoms with Gasteiger partial charge in [0.2, 0.25) is 10.0 Å². The lowest BCUT2D eigenvalue weighted by atomic mass is 10.2. The van der Waals surface area contributed by atoms with Gasteiger partial charge in [0.05, 0.1) is 42.3 Å². The van der Waals surface area contributed by atoms with E-state index in [1.165, 1.54) is 17.5 Å². The molecule has 2 N–H and O–H groups in total. The van der Waals surface area contributed by atoms with Crippen LogP contribution in [0.3, 0.4) is 0 Å². The fourth-order valence-corrected chi connectivity index (χ4v) is 5.08. The summed E-state index contributed by atoms with van der Waals surface area (Å²) in [5, 5.41) is 5.59. The van der Waals surface area contributed by atoms with Gasteiger partial charge in [-0.25, -0.2) is 13.2 Å². The third-order valence-electron chi connectivity index (χ3n) is 5.27. The first kappa shape index (κ1) is 23.8. The molecular formula is C22H30N4O5S. The molecule has 2 aromatic rings. The van der Waals surface area contributed by atoms with Crippen LogP contribution >= 0.6 is 0 Å². The molecule has 10 heteroatoms. The molecule has 0 bridgehead atoms. The topological polar surface area (TPSA) is 100 Å². The first-order valence-electron chi connectivity index (χ1n) is 10.6. The molecule has 0 aromatic heterocycles. The smallest absolute Gasteiger partial charge is 0.323 e. The zero-order valence-electron chi connectivity index (χ0n) is 18.6. The van der Waals surface area contributed by atoms with Crippen LogP contribution in [0.25, 0.3) is 0 Å². The summed E-state index contributed by atoms with van der Waals surface area (Å²) >= 11 is 0. The Balaban J connectivity index is 1.94. The average Bonchev–Trinajstić information content (AvgIpc) is 2.80. The summed E-state index contributed by atoms with van der Waals surface area (Å²) in [4.78, 5) is 15.0. The number of carbonyl (C=O) groups is 1. The zero-order valence-corrected chi connectivity index (χ0v) is 19.4. The molecule has 0 radical (unpaired) electrons. The lowest BCUT2D eigenvalue weighted by Gasteiger charge is -2.31. The Morgan fingerprint density at radius 2 is 1.72 bits per heavy atom. The number of hydrogen-bond acceptors (Lipinski definition) is 6. The highest BCUT2D eigenvalue weighted by Crippen LogP contribution is 2.31. The number of carbonyl (C=O) groups excluding carboxylic acids is 1. The molecule has 2 aromatic carbocycles. The number of sulfonamides is 1. The van der Waals surface area contributed by atoms with Crippen LogP contribution in [-0.4, -0.2) is 65.3 Å². The SMILES string of the molecule is CCN(CC)S(=O)(=O)c1ccc(N2CCOCC2)c(NC(=O)Nc2ccccc2OC)c1. The lowest BCUT2D eigenvalue weighted by molar-refractivity contribution is 0.123. The highest BCUT2D eigenvalue weighted by Gasteiger charge is 2.25. The molecular weight excluding hydrogens is 432 g/mol. The number of nitrogens with one attached hydrogen (secondary N) is 2. The van der Waals surface area contributed by atoms with Gasteiger partial charge in [-0.2, -0.15) is 4.31 Å². The number of rotatable bonds is 8. The van der Waals surface area contributed by atoms with Crippen molar-refractivity contribution in [3.8, 4) is 5.75 Å². The van der Waals surface area contributed by atoms with E-state index in [0.29, 0.717) is 56.5 Å². The minimum absolute atomic E-state index is 0.130. The number of ether oxygens (including phenoxy) is 2. The second kappa shape index (κ2) is 10.7. The molecule has 174 valence electrons. The second-order valence-electron chi connectivity index (χ2n) is 7.15. The number of anilines is 3. The van der Waals surface area contributed by atoms with Gasteiger partial charge in [-0.05, 0) is 30.3 Å². The Labute approximate surface area is 189 Å². The molecule has 0 atom stereocenters. The maximum Gasteiger partial charge on any atom is 0.323 e. The van der Waals surface area contributed by atoms with Gasteiger partial charge in [0.25, 0.3) is 0 Å². The van der Waals surface area contributed by atoms with Crippen molar-refractivity contribution in [2.75, 3.05) is 62.0 Å². The monoisotopic (exact) mass is 462 g/mol. The van der Waals surface area contributed by atoms with E-state index in [0.717, 1.165) is 5.69 Å². The Bertz CT molecular complexity index is 1030. The summed E-state index contributed by atoms with van der Waals surface area (Å²) in [5.74, 6) is 0.522. The summed E-state index contributed by atoms with van der Waals surface area (Å²) in [6.45, 7) is 6.72. The molecule has 0 aliphatic carbocycles. The molecule has 1 saturated heterocycles. The molecule has 1 aliphatic rings. The maximum absolute atomic E-state index is 13.0. The molecule has 3 rings (SSSR count). The Morgan fingerprint density at radius 3 is 2.38 bits per heavy atom. The number of methoxy groups -OCH3 is 1. The quantitative estimate of drug-likeness (QED) is 0.625. The van der Waals surface area contributed by atoms with Gasteiger partial charge in [0.15, 0.2) is 0 Å². The van der Waals surface area contributed by atoms with E-state index in [1.807, 2.05) is 0 Å². The van der Waals surface area contributed by atoms with Crippen LogP contribution in [0.15, 0.2) is 47.4 Å². The summed E-state index contributed by atoms with van der Waals surface area (Å²) < 4.78 is 38.2. The van der Waals surface area contributed by atoms with Crippen molar-refractivity contribution in [1.29, 1.82) is 0 Å². The summed E-state index contributed by atoms with van der Waals surface area (Å²) in [6, 6.07) is 11.4. The molecule has 1 aliphatic heterocycles. The van der Waals surface area contributed by atoms with Crippen molar-refractivity contribution < 1.29 is 22.7 Å². The van der Waals surface area contributed by atoms with E-state index in [2.05, 4.69) is 15.5 Å². The van der Waals surface area contributed by atoms with Crippen molar-refractivity contribution in [2.24, 2.45) is 0 Å². The van der Waals surface area contributed by atoms with E-state index in [4.69, 9.17) is 9.47 Å². The highest BCUT2D eigenvalue weighted by atomic mass is 32.2. The minimum atomic E-state index is -3.68. The van der Waals surface area contributed by atoms with Crippen molar-refractivity contribution in [2.45, 2.75) is 18.7 Å². The van der Waals surface area contributed by atoms with Gasteiger partial charge < -0.3 is 25.0 Å². The van der Waals surface area contributed by atoms with Gasteiger partial charge in [-0.3, -0.25) is 0 Å². The number of para-hydroxylation sites is 2. The standard InChI is InChI=1S/C22H30N4O5S/c1-4-26(5-2)32(28,29)17-10-11-20(25-12-14-31-15-13-25)19(16-17)24-22(27)23-18-8-6-7-9-21(18)30-3/h6-11,16H,4-5,12-15H2,1-3H3,(H2,23,24,27). The largest absolute Gasteiger partial charge is 0.495 e. The first-order chi connectivity index (χ1) is 15.4. The number of urea groups is 1. The van der Waals surface area contributed by atoms with Crippen LogP contribution in [0, 0.1) is 0 Å². The normalized spacial score (nSPS) is 14.3. The molecule has 0 unspecified atom stereocenters. The lowest BCUT2D eigenvalue weighted by Crippen LogP contribution is -2.37. The minimum Gasteiger partial charge on any atom is -0.495 e. The predicted octanol–water partition coefficient (Wildman–Crippen LogP) is 3.21. The Kier molecular flexibility index (Phi) is 7.94. The molecule has 9 nitrogen and oxygen atoms in total. The van der Waals surface area contributed by atoms with Crippen LogP contribution in [0.5, 0.6) is 5.75 Å². The van der Waals surface area contributed by atoms with Gasteiger partial charge in [-0.15, -0.1) is 0 Å². The van der Waals surface area contributed by atoms with Crippen LogP contribution in [0.2, 0.25) is 0 Å². The third kappa shape index (κ3) is 5.32. The van der Waals surface area contributed by atoms with Crippen molar-refractivity contribution >= 4 is 33.1 Å². The van der Waals surface area contributed by atoms with Gasteiger partial charge in [0.1, 0.15) is 5.75 Å². The van der Waals surface area contributed by atoms with Crippen molar-refractivity contribution in [3.63, 3.8) is 0 Å². The maximum atomic E-state index is 13.0. The fourth-order valence-electron chi connectivity index (χ4n) is 3.59. The van der Waals surface area contributed by atoms with E-state index in [9.17, 15) is 13.2 Å². The van der Waals surface area contributed by atoms with Crippen molar-refractivity contribution in [3.05, 3.63) is 42.5 Å². The molecule has 0 spiro atoms. The van der Waals surface area contributed by atoms with Gasteiger partial charge in [0, 0.05) is 26.2 Å². The van der Waals surface area contributed by atoms with Crippen LogP contribution in [-0.2, 0) is 14.8 Å². The van der Waals surface area contributed by atoms with E-state index < -0.39 is 16.1 Å². The van der Waals surface area contributed by atoms with E-state index in [-0.39, 0.29) is 4.90 Å². The zero-order chi connectivity index (χ0) is 23.1. The van der Waals surface area contributed by atoms with Gasteiger partial charge in [-0.1, -0.05) is 26.0 Å². The number of nitrogens with zero attached hydrogens (tertiary/aromatic N) is 2. The molecule has 1 heterocycles. The fraction of sp³-hybridized carbons (Fsp3) is 0.409.